The van der Waals surface area contributed by atoms with Crippen molar-refractivity contribution < 1.29 is 84.5 Å². The minimum Gasteiger partial charge on any atom is -1.00 e. The number of aromatic nitrogens is 6. The van der Waals surface area contributed by atoms with Gasteiger partial charge >= 0.3 is 63.6 Å². The standard InChI is InChI=1S/C26H27N5O6.C16H11FN4.FH.K/c1-25(2,3)36-23(32)30(24(33)37-26(4,5)6)19-12-18-14-28-22(13-17(18)11-20(19)31(34)35)29-10-8-16-7-9-27-15-21(16)29;17-13-5-11-7-16(20-8-12(11)6-14(13)18)21-4-2-10-1-3-19-9-15(10)21;;/h7-15H,1-6H3;1-9H,18H2;1H;/q;;;+1/p-1/i;;1-1;. The average molecular weight is 841 g/mol. The number of amides is 2. The summed E-state index contributed by atoms with van der Waals surface area (Å²) in [6.45, 7) is 9.74. The maximum Gasteiger partial charge on any atom is 1.00 e. The Morgan fingerprint density at radius 2 is 1.17 bits per heavy atom. The van der Waals surface area contributed by atoms with Gasteiger partial charge in [0.2, 0.25) is 0 Å². The van der Waals surface area contributed by atoms with E-state index in [9.17, 15) is 24.1 Å². The van der Waals surface area contributed by atoms with Crippen LogP contribution in [0.15, 0.2) is 110 Å². The molecule has 0 atom stereocenters. The maximum absolute atomic E-state index is 13.6. The van der Waals surface area contributed by atoms with Gasteiger partial charge in [0, 0.05) is 64.8 Å². The molecule has 6 heterocycles. The van der Waals surface area contributed by atoms with E-state index in [2.05, 4.69) is 19.9 Å². The average Bonchev–Trinajstić information content (AvgIpc) is 3.79. The molecule has 8 rings (SSSR count). The third kappa shape index (κ3) is 9.74. The zero-order valence-corrected chi connectivity index (χ0v) is 36.9. The number of nitrogens with two attached hydrogens (primary N) is 1. The molecule has 0 radical (unpaired) electrons. The molecule has 0 fully saturated rings. The third-order valence-electron chi connectivity index (χ3n) is 8.70. The molecule has 0 spiro atoms. The summed E-state index contributed by atoms with van der Waals surface area (Å²) < 4.78 is 28.1. The van der Waals surface area contributed by atoms with Gasteiger partial charge in [-0.2, -0.15) is 4.90 Å². The SMILES string of the molecule is CC(C)(C)OC(=O)N(C(=O)OC(C)(C)C)c1cc2cnc(-n3ccc4ccncc43)cc2cc1[N+](=O)[O-].Nc1cc2cnc(-n3ccc4ccncc43)cc2cc1F.[18F-].[K+]. The number of nitrogen functional groups attached to an aromatic ring is 1. The molecular formula is C42H38F2KN9O6. The van der Waals surface area contributed by atoms with Crippen molar-refractivity contribution in [2.24, 2.45) is 0 Å². The van der Waals surface area contributed by atoms with Gasteiger partial charge < -0.3 is 19.9 Å². The number of anilines is 2. The molecule has 2 N–H and O–H groups in total. The van der Waals surface area contributed by atoms with Gasteiger partial charge in [-0.3, -0.25) is 29.2 Å². The van der Waals surface area contributed by atoms with E-state index < -0.39 is 39.8 Å². The summed E-state index contributed by atoms with van der Waals surface area (Å²) in [5.74, 6) is 0.821. The Bertz CT molecular complexity index is 2880. The van der Waals surface area contributed by atoms with E-state index in [1.54, 1.807) is 84.7 Å². The van der Waals surface area contributed by atoms with Crippen LogP contribution in [0.4, 0.5) is 31.0 Å². The van der Waals surface area contributed by atoms with Crippen molar-refractivity contribution in [2.75, 3.05) is 10.6 Å². The Balaban J connectivity index is 0.000000251. The van der Waals surface area contributed by atoms with Crippen LogP contribution in [0.5, 0.6) is 0 Å². The molecule has 0 aliphatic rings. The van der Waals surface area contributed by atoms with E-state index in [4.69, 9.17) is 15.2 Å². The summed E-state index contributed by atoms with van der Waals surface area (Å²) >= 11 is 0. The molecule has 60 heavy (non-hydrogen) atoms. The van der Waals surface area contributed by atoms with Crippen LogP contribution < -0.4 is 66.7 Å². The Kier molecular flexibility index (Phi) is 13.4. The number of nitro benzene ring substituents is 1. The second-order valence-electron chi connectivity index (χ2n) is 15.3. The molecule has 302 valence electrons. The van der Waals surface area contributed by atoms with Gasteiger partial charge in [-0.25, -0.2) is 23.9 Å². The predicted octanol–water partition coefficient (Wildman–Crippen LogP) is 3.46. The van der Waals surface area contributed by atoms with Crippen LogP contribution in [0.25, 0.3) is 55.0 Å². The minimum atomic E-state index is -1.10. The molecule has 0 bridgehead atoms. The minimum absolute atomic E-state index is 0. The van der Waals surface area contributed by atoms with Crippen molar-refractivity contribution >= 4 is 72.6 Å². The number of ether oxygens (including phenoxy) is 2. The summed E-state index contributed by atoms with van der Waals surface area (Å²) in [5.41, 5.74) is 4.80. The van der Waals surface area contributed by atoms with Crippen LogP contribution in [0.1, 0.15) is 41.5 Å². The number of imide groups is 1. The number of hydrogen-bond donors (Lipinski definition) is 1. The first kappa shape index (κ1) is 45.2. The van der Waals surface area contributed by atoms with E-state index in [0.717, 1.165) is 38.4 Å². The fraction of sp³-hybridized carbons (Fsp3) is 0.190. The molecule has 0 saturated heterocycles. The molecule has 0 aliphatic carbocycles. The predicted molar refractivity (Wildman–Crippen MR) is 219 cm³/mol. The quantitative estimate of drug-likeness (QED) is 0.118. The number of pyridine rings is 4. The summed E-state index contributed by atoms with van der Waals surface area (Å²) in [7, 11) is 0. The molecule has 0 saturated carbocycles. The summed E-state index contributed by atoms with van der Waals surface area (Å²) in [5, 5.41) is 16.7. The zero-order valence-electron chi connectivity index (χ0n) is 33.8. The Morgan fingerprint density at radius 3 is 1.63 bits per heavy atom. The zero-order chi connectivity index (χ0) is 41.5. The van der Waals surface area contributed by atoms with Crippen molar-refractivity contribution in [3.8, 4) is 11.6 Å². The topological polar surface area (TPSA) is 186 Å². The second-order valence-corrected chi connectivity index (χ2v) is 15.3. The number of fused-ring (bicyclic) bond motifs is 4. The molecular weight excluding hydrogens is 803 g/mol. The van der Waals surface area contributed by atoms with Gasteiger partial charge in [0.05, 0.1) is 34.0 Å². The van der Waals surface area contributed by atoms with Crippen LogP contribution in [0, 0.1) is 15.9 Å². The summed E-state index contributed by atoms with van der Waals surface area (Å²) in [4.78, 5) is 55.4. The fourth-order valence-corrected chi connectivity index (χ4v) is 6.15. The third-order valence-corrected chi connectivity index (χ3v) is 8.70. The van der Waals surface area contributed by atoms with Gasteiger partial charge in [0.15, 0.2) is 0 Å². The number of nitrogens with zero attached hydrogens (tertiary/aromatic N) is 8. The second kappa shape index (κ2) is 17.7. The maximum atomic E-state index is 13.6. The molecule has 0 aliphatic heterocycles. The molecule has 6 aromatic heterocycles. The first-order chi connectivity index (χ1) is 27.5. The van der Waals surface area contributed by atoms with Crippen molar-refractivity contribution in [1.29, 1.82) is 0 Å². The van der Waals surface area contributed by atoms with E-state index >= 15 is 0 Å². The number of nitro groups is 1. The van der Waals surface area contributed by atoms with E-state index in [1.807, 2.05) is 51.9 Å². The van der Waals surface area contributed by atoms with E-state index in [0.29, 0.717) is 21.5 Å². The van der Waals surface area contributed by atoms with Crippen LogP contribution in [0.3, 0.4) is 0 Å². The van der Waals surface area contributed by atoms with Gasteiger partial charge in [-0.1, -0.05) is 0 Å². The number of rotatable bonds is 4. The first-order valence-electron chi connectivity index (χ1n) is 18.0. The number of hydrogen-bond acceptors (Lipinski definition) is 11. The van der Waals surface area contributed by atoms with Crippen LogP contribution in [-0.2, 0) is 9.47 Å². The van der Waals surface area contributed by atoms with Gasteiger partial charge in [-0.05, 0) is 107 Å². The molecule has 8 aromatic rings. The van der Waals surface area contributed by atoms with E-state index in [1.165, 1.54) is 24.4 Å². The van der Waals surface area contributed by atoms with E-state index in [-0.39, 0.29) is 67.5 Å². The molecule has 2 aromatic carbocycles. The van der Waals surface area contributed by atoms with Crippen LogP contribution >= 0.6 is 0 Å². The molecule has 18 heteroatoms. The number of carbonyl (C=O) groups is 2. The van der Waals surface area contributed by atoms with Crippen molar-refractivity contribution in [3.05, 3.63) is 126 Å². The number of carbonyl (C=O) groups excluding carboxylic acids is 2. The largest absolute Gasteiger partial charge is 1.00 e. The molecule has 0 unspecified atom stereocenters. The smallest absolute Gasteiger partial charge is 1.00 e. The molecule has 2 amide bonds. The Morgan fingerprint density at radius 1 is 0.700 bits per heavy atom. The van der Waals surface area contributed by atoms with Gasteiger partial charge in [-0.15, -0.1) is 0 Å². The summed E-state index contributed by atoms with van der Waals surface area (Å²) in [6.07, 6.45) is 11.7. The van der Waals surface area contributed by atoms with Gasteiger partial charge in [0.25, 0.3) is 5.69 Å². The fourth-order valence-electron chi connectivity index (χ4n) is 6.15. The van der Waals surface area contributed by atoms with Crippen molar-refractivity contribution in [1.82, 2.24) is 29.1 Å². The van der Waals surface area contributed by atoms with Gasteiger partial charge in [0.1, 0.15) is 34.3 Å². The number of halogens is 2. The van der Waals surface area contributed by atoms with Crippen LogP contribution in [0.2, 0.25) is 0 Å². The summed E-state index contributed by atoms with van der Waals surface area (Å²) in [6, 6.07) is 16.9. The number of benzene rings is 2. The van der Waals surface area contributed by atoms with Crippen molar-refractivity contribution in [3.63, 3.8) is 0 Å². The van der Waals surface area contributed by atoms with Crippen molar-refractivity contribution in [2.45, 2.75) is 52.7 Å². The molecule has 15 nitrogen and oxygen atoms in total. The monoisotopic (exact) mass is 840 g/mol. The Labute approximate surface area is 384 Å². The van der Waals surface area contributed by atoms with Crippen LogP contribution in [-0.4, -0.2) is 57.4 Å². The Hall–Kier alpha value is -5.92. The normalized spacial score (nSPS) is 11.3. The first-order valence-corrected chi connectivity index (χ1v) is 18.0.